The number of aromatic nitrogens is 2. The highest BCUT2D eigenvalue weighted by atomic mass is 35.5. The van der Waals surface area contributed by atoms with E-state index in [4.69, 9.17) is 11.6 Å². The topological polar surface area (TPSA) is 50.2 Å². The van der Waals surface area contributed by atoms with E-state index in [1.165, 1.54) is 38.8 Å². The molecule has 0 bridgehead atoms. The minimum absolute atomic E-state index is 0.0242. The van der Waals surface area contributed by atoms with Crippen molar-refractivity contribution in [3.63, 3.8) is 0 Å². The highest BCUT2D eigenvalue weighted by Gasteiger charge is 2.12. The molecule has 1 aromatic carbocycles. The Balaban J connectivity index is 1.49. The zero-order valence-electron chi connectivity index (χ0n) is 16.3. The minimum Gasteiger partial charge on any atom is -0.352 e. The third kappa shape index (κ3) is 5.11. The van der Waals surface area contributed by atoms with Crippen molar-refractivity contribution in [1.29, 1.82) is 0 Å². The van der Waals surface area contributed by atoms with Crippen LogP contribution in [-0.2, 0) is 0 Å². The zero-order chi connectivity index (χ0) is 19.2. The number of carbonyl (C=O) groups excluding carboxylic acids is 1. The van der Waals surface area contributed by atoms with E-state index in [-0.39, 0.29) is 5.91 Å². The van der Waals surface area contributed by atoms with Gasteiger partial charge in [0.25, 0.3) is 5.91 Å². The average Bonchev–Trinajstić information content (AvgIpc) is 2.88. The van der Waals surface area contributed by atoms with Crippen LogP contribution in [0.3, 0.4) is 0 Å². The van der Waals surface area contributed by atoms with Gasteiger partial charge in [0.2, 0.25) is 0 Å². The molecule has 1 aliphatic heterocycles. The summed E-state index contributed by atoms with van der Waals surface area (Å²) >= 11 is 6.22. The predicted octanol–water partition coefficient (Wildman–Crippen LogP) is 4.14. The van der Waals surface area contributed by atoms with Crippen LogP contribution in [0.15, 0.2) is 24.3 Å². The molecule has 1 N–H and O–H groups in total. The first kappa shape index (κ1) is 19.9. The van der Waals surface area contributed by atoms with Crippen LogP contribution in [-0.4, -0.2) is 46.8 Å². The Bertz CT molecular complexity index is 761. The monoisotopic (exact) mass is 388 g/mol. The summed E-state index contributed by atoms with van der Waals surface area (Å²) in [6.45, 7) is 8.01. The van der Waals surface area contributed by atoms with Crippen molar-refractivity contribution in [3.05, 3.63) is 46.2 Å². The molecule has 1 saturated heterocycles. The lowest BCUT2D eigenvalue weighted by Gasteiger charge is -2.19. The van der Waals surface area contributed by atoms with Gasteiger partial charge in [0.05, 0.1) is 22.1 Å². The van der Waals surface area contributed by atoms with Gasteiger partial charge in [-0.15, -0.1) is 0 Å². The van der Waals surface area contributed by atoms with Crippen molar-refractivity contribution in [2.24, 2.45) is 0 Å². The quantitative estimate of drug-likeness (QED) is 0.756. The minimum atomic E-state index is -0.0242. The van der Waals surface area contributed by atoms with E-state index in [2.05, 4.69) is 15.3 Å². The fourth-order valence-corrected chi connectivity index (χ4v) is 3.71. The first-order valence-electron chi connectivity index (χ1n) is 9.89. The van der Waals surface area contributed by atoms with E-state index in [1.54, 1.807) is 4.68 Å². The number of halogens is 1. The highest BCUT2D eigenvalue weighted by molar-refractivity contribution is 6.31. The Morgan fingerprint density at radius 2 is 1.78 bits per heavy atom. The molecule has 3 rings (SSSR count). The van der Waals surface area contributed by atoms with Gasteiger partial charge >= 0.3 is 0 Å². The van der Waals surface area contributed by atoms with E-state index >= 15 is 0 Å². The van der Waals surface area contributed by atoms with Gasteiger partial charge in [-0.25, -0.2) is 4.68 Å². The molecular formula is C21H29ClN4O. The molecule has 1 fully saturated rings. The SMILES string of the molecule is Cc1nn(-c2ccc(C(=O)NCCCN3CCCCCC3)cc2)c(C)c1Cl. The Labute approximate surface area is 166 Å². The fraction of sp³-hybridized carbons (Fsp3) is 0.524. The Kier molecular flexibility index (Phi) is 6.91. The normalized spacial score (nSPS) is 15.5. The summed E-state index contributed by atoms with van der Waals surface area (Å²) in [5.74, 6) is -0.0242. The van der Waals surface area contributed by atoms with Gasteiger partial charge in [0.15, 0.2) is 0 Å². The highest BCUT2D eigenvalue weighted by Crippen LogP contribution is 2.22. The van der Waals surface area contributed by atoms with Crippen LogP contribution in [0.5, 0.6) is 0 Å². The van der Waals surface area contributed by atoms with Crippen LogP contribution in [0, 0.1) is 13.8 Å². The van der Waals surface area contributed by atoms with Crippen molar-refractivity contribution in [3.8, 4) is 5.69 Å². The Hall–Kier alpha value is -1.85. The third-order valence-electron chi connectivity index (χ3n) is 5.21. The molecule has 1 aromatic heterocycles. The number of likely N-dealkylation sites (tertiary alicyclic amines) is 1. The predicted molar refractivity (Wildman–Crippen MR) is 110 cm³/mol. The number of rotatable bonds is 6. The van der Waals surface area contributed by atoms with Crippen molar-refractivity contribution >= 4 is 17.5 Å². The first-order chi connectivity index (χ1) is 13.1. The molecule has 0 unspecified atom stereocenters. The van der Waals surface area contributed by atoms with Crippen molar-refractivity contribution < 1.29 is 4.79 Å². The standard InChI is InChI=1S/C21H29ClN4O/c1-16-20(22)17(2)26(24-16)19-10-8-18(9-11-19)21(27)23-12-7-15-25-13-5-3-4-6-14-25/h8-11H,3-7,12-15H2,1-2H3,(H,23,27). The van der Waals surface area contributed by atoms with E-state index in [9.17, 15) is 4.79 Å². The van der Waals surface area contributed by atoms with Crippen molar-refractivity contribution in [1.82, 2.24) is 20.0 Å². The molecule has 5 nitrogen and oxygen atoms in total. The lowest BCUT2D eigenvalue weighted by Crippen LogP contribution is -2.30. The maximum Gasteiger partial charge on any atom is 0.251 e. The summed E-state index contributed by atoms with van der Waals surface area (Å²) < 4.78 is 1.81. The van der Waals surface area contributed by atoms with Crippen LogP contribution < -0.4 is 5.32 Å². The molecule has 1 aliphatic rings. The van der Waals surface area contributed by atoms with E-state index < -0.39 is 0 Å². The molecule has 0 radical (unpaired) electrons. The van der Waals surface area contributed by atoms with E-state index in [0.717, 1.165) is 30.0 Å². The second-order valence-electron chi connectivity index (χ2n) is 7.31. The van der Waals surface area contributed by atoms with Crippen LogP contribution >= 0.6 is 11.6 Å². The summed E-state index contributed by atoms with van der Waals surface area (Å²) in [5, 5.41) is 8.16. The number of carbonyl (C=O) groups is 1. The van der Waals surface area contributed by atoms with Gasteiger partial charge in [-0.1, -0.05) is 24.4 Å². The molecule has 146 valence electrons. The van der Waals surface area contributed by atoms with Gasteiger partial charge in [-0.3, -0.25) is 4.79 Å². The first-order valence-corrected chi connectivity index (χ1v) is 10.3. The zero-order valence-corrected chi connectivity index (χ0v) is 17.1. The number of hydrogen-bond donors (Lipinski definition) is 1. The van der Waals surface area contributed by atoms with Gasteiger partial charge in [0.1, 0.15) is 0 Å². The number of hydrogen-bond acceptors (Lipinski definition) is 3. The van der Waals surface area contributed by atoms with Crippen LogP contribution in [0.2, 0.25) is 5.02 Å². The second kappa shape index (κ2) is 9.38. The van der Waals surface area contributed by atoms with Gasteiger partial charge in [-0.2, -0.15) is 5.10 Å². The number of nitrogens with zero attached hydrogens (tertiary/aromatic N) is 3. The maximum atomic E-state index is 12.4. The fourth-order valence-electron chi connectivity index (χ4n) is 3.60. The Morgan fingerprint density at radius 1 is 1.11 bits per heavy atom. The largest absolute Gasteiger partial charge is 0.352 e. The molecule has 2 heterocycles. The van der Waals surface area contributed by atoms with Gasteiger partial charge in [-0.05, 0) is 77.0 Å². The summed E-state index contributed by atoms with van der Waals surface area (Å²) in [6, 6.07) is 7.48. The summed E-state index contributed by atoms with van der Waals surface area (Å²) in [6.07, 6.45) is 6.31. The van der Waals surface area contributed by atoms with Crippen molar-refractivity contribution in [2.75, 3.05) is 26.2 Å². The lowest BCUT2D eigenvalue weighted by molar-refractivity contribution is 0.0951. The van der Waals surface area contributed by atoms with E-state index in [0.29, 0.717) is 17.1 Å². The van der Waals surface area contributed by atoms with Crippen molar-refractivity contribution in [2.45, 2.75) is 46.0 Å². The van der Waals surface area contributed by atoms with Gasteiger partial charge < -0.3 is 10.2 Å². The Morgan fingerprint density at radius 3 is 2.37 bits per heavy atom. The molecule has 27 heavy (non-hydrogen) atoms. The van der Waals surface area contributed by atoms with Crippen LogP contribution in [0.25, 0.3) is 5.69 Å². The molecule has 0 atom stereocenters. The molecule has 2 aromatic rings. The number of nitrogens with one attached hydrogen (secondary N) is 1. The third-order valence-corrected chi connectivity index (χ3v) is 5.76. The molecule has 0 aliphatic carbocycles. The van der Waals surface area contributed by atoms with Crippen LogP contribution in [0.4, 0.5) is 0 Å². The summed E-state index contributed by atoms with van der Waals surface area (Å²) in [4.78, 5) is 14.9. The molecular weight excluding hydrogens is 360 g/mol. The molecule has 6 heteroatoms. The number of benzene rings is 1. The van der Waals surface area contributed by atoms with Gasteiger partial charge in [0, 0.05) is 12.1 Å². The number of aryl methyl sites for hydroxylation is 1. The average molecular weight is 389 g/mol. The lowest BCUT2D eigenvalue weighted by atomic mass is 10.2. The summed E-state index contributed by atoms with van der Waals surface area (Å²) in [5.41, 5.74) is 3.28. The number of amides is 1. The van der Waals surface area contributed by atoms with Crippen LogP contribution in [0.1, 0.15) is 53.8 Å². The smallest absolute Gasteiger partial charge is 0.251 e. The molecule has 1 amide bonds. The summed E-state index contributed by atoms with van der Waals surface area (Å²) in [7, 11) is 0. The second-order valence-corrected chi connectivity index (χ2v) is 7.69. The molecule has 0 spiro atoms. The maximum absolute atomic E-state index is 12.4. The van der Waals surface area contributed by atoms with E-state index in [1.807, 2.05) is 38.1 Å². The molecule has 0 saturated carbocycles.